The zero-order valence-electron chi connectivity index (χ0n) is 11.1. The van der Waals surface area contributed by atoms with Gasteiger partial charge in [0.1, 0.15) is 0 Å². The molecule has 0 bridgehead atoms. The predicted molar refractivity (Wildman–Crippen MR) is 74.4 cm³/mol. The molecule has 6 heteroatoms. The van der Waals surface area contributed by atoms with Crippen LogP contribution >= 0.6 is 11.8 Å². The minimum Gasteiger partial charge on any atom is -0.352 e. The minimum absolute atomic E-state index is 0.0192. The lowest BCUT2D eigenvalue weighted by molar-refractivity contribution is -0.132. The summed E-state index contributed by atoms with van der Waals surface area (Å²) in [7, 11) is 1.66. The average Bonchev–Trinajstić information content (AvgIpc) is 3.12. The molecule has 1 saturated carbocycles. The van der Waals surface area contributed by atoms with Gasteiger partial charge in [0.2, 0.25) is 11.8 Å². The molecule has 104 valence electrons. The van der Waals surface area contributed by atoms with E-state index in [0.717, 1.165) is 25.0 Å². The highest BCUT2D eigenvalue weighted by molar-refractivity contribution is 7.99. The number of nitrogens with one attached hydrogen (secondary N) is 1. The fraction of sp³-hybridized carbons (Fsp3) is 0.833. The highest BCUT2D eigenvalue weighted by atomic mass is 32.2. The van der Waals surface area contributed by atoms with Crippen molar-refractivity contribution in [1.82, 2.24) is 10.2 Å². The lowest BCUT2D eigenvalue weighted by Crippen LogP contribution is -2.40. The van der Waals surface area contributed by atoms with E-state index in [1.807, 2.05) is 6.92 Å². The molecular formula is C12H23N3O2S. The average molecular weight is 273 g/mol. The summed E-state index contributed by atoms with van der Waals surface area (Å²) < 4.78 is 0. The molecule has 1 unspecified atom stereocenters. The van der Waals surface area contributed by atoms with Gasteiger partial charge in [-0.15, -0.1) is 0 Å². The van der Waals surface area contributed by atoms with Crippen molar-refractivity contribution in [1.29, 1.82) is 0 Å². The van der Waals surface area contributed by atoms with Gasteiger partial charge in [-0.25, -0.2) is 0 Å². The monoisotopic (exact) mass is 273 g/mol. The third-order valence-corrected chi connectivity index (χ3v) is 3.95. The lowest BCUT2D eigenvalue weighted by Gasteiger charge is -2.17. The minimum atomic E-state index is -0.0661. The molecule has 0 aromatic heterocycles. The molecule has 1 aliphatic carbocycles. The van der Waals surface area contributed by atoms with Crippen LogP contribution < -0.4 is 11.1 Å². The Labute approximate surface area is 113 Å². The van der Waals surface area contributed by atoms with E-state index >= 15 is 0 Å². The number of hydrogen-bond acceptors (Lipinski definition) is 4. The van der Waals surface area contributed by atoms with Crippen molar-refractivity contribution in [3.05, 3.63) is 0 Å². The van der Waals surface area contributed by atoms with Crippen LogP contribution in [0.25, 0.3) is 0 Å². The first-order valence-corrected chi connectivity index (χ1v) is 7.55. The molecule has 0 aliphatic heterocycles. The SMILES string of the molecule is CCC(N)CSCC(=O)N(C)CC(=O)NC1CC1. The lowest BCUT2D eigenvalue weighted by atomic mass is 10.3. The zero-order valence-corrected chi connectivity index (χ0v) is 12.0. The molecule has 0 aromatic carbocycles. The number of carbonyl (C=O) groups is 2. The quantitative estimate of drug-likeness (QED) is 0.662. The van der Waals surface area contributed by atoms with Crippen LogP contribution in [0.4, 0.5) is 0 Å². The van der Waals surface area contributed by atoms with Crippen molar-refractivity contribution in [2.45, 2.75) is 38.3 Å². The Morgan fingerprint density at radius 3 is 2.72 bits per heavy atom. The zero-order chi connectivity index (χ0) is 13.5. The molecule has 2 amide bonds. The van der Waals surface area contributed by atoms with E-state index in [1.54, 1.807) is 7.05 Å². The number of nitrogens with zero attached hydrogens (tertiary/aromatic N) is 1. The summed E-state index contributed by atoms with van der Waals surface area (Å²) in [5.41, 5.74) is 5.77. The fourth-order valence-electron chi connectivity index (χ4n) is 1.33. The highest BCUT2D eigenvalue weighted by Gasteiger charge is 2.24. The van der Waals surface area contributed by atoms with E-state index in [4.69, 9.17) is 5.73 Å². The second-order valence-electron chi connectivity index (χ2n) is 4.78. The van der Waals surface area contributed by atoms with Gasteiger partial charge in [0.25, 0.3) is 0 Å². The normalized spacial score (nSPS) is 16.2. The third kappa shape index (κ3) is 6.26. The van der Waals surface area contributed by atoms with Gasteiger partial charge in [-0.1, -0.05) is 6.92 Å². The van der Waals surface area contributed by atoms with Gasteiger partial charge in [-0.2, -0.15) is 11.8 Å². The fourth-order valence-corrected chi connectivity index (χ4v) is 2.38. The Balaban J connectivity index is 2.13. The second-order valence-corrected chi connectivity index (χ2v) is 5.81. The molecule has 0 heterocycles. The van der Waals surface area contributed by atoms with Crippen LogP contribution in [-0.4, -0.2) is 53.9 Å². The number of likely N-dealkylation sites (N-methyl/N-ethyl adjacent to an activating group) is 1. The van der Waals surface area contributed by atoms with Crippen LogP contribution in [0, 0.1) is 0 Å². The van der Waals surface area contributed by atoms with Crippen LogP contribution in [0.3, 0.4) is 0 Å². The van der Waals surface area contributed by atoms with Crippen molar-refractivity contribution < 1.29 is 9.59 Å². The molecule has 1 rings (SSSR count). The van der Waals surface area contributed by atoms with Gasteiger partial charge < -0.3 is 16.0 Å². The molecule has 5 nitrogen and oxygen atoms in total. The van der Waals surface area contributed by atoms with Crippen molar-refractivity contribution in [2.75, 3.05) is 25.1 Å². The Morgan fingerprint density at radius 2 is 2.17 bits per heavy atom. The van der Waals surface area contributed by atoms with Gasteiger partial charge >= 0.3 is 0 Å². The number of thioether (sulfide) groups is 1. The Kier molecular flexibility index (Phi) is 6.49. The molecule has 0 radical (unpaired) electrons. The molecule has 1 aliphatic rings. The van der Waals surface area contributed by atoms with Crippen LogP contribution in [-0.2, 0) is 9.59 Å². The highest BCUT2D eigenvalue weighted by Crippen LogP contribution is 2.18. The maximum Gasteiger partial charge on any atom is 0.239 e. The Bertz CT molecular complexity index is 295. The summed E-state index contributed by atoms with van der Waals surface area (Å²) in [6.07, 6.45) is 3.04. The summed E-state index contributed by atoms with van der Waals surface area (Å²) in [6, 6.07) is 0.490. The van der Waals surface area contributed by atoms with E-state index in [0.29, 0.717) is 11.8 Å². The van der Waals surface area contributed by atoms with Crippen LogP contribution in [0.1, 0.15) is 26.2 Å². The third-order valence-electron chi connectivity index (χ3n) is 2.83. The van der Waals surface area contributed by atoms with E-state index in [-0.39, 0.29) is 24.4 Å². The maximum absolute atomic E-state index is 11.7. The summed E-state index contributed by atoms with van der Waals surface area (Å²) in [5, 5.41) is 2.86. The summed E-state index contributed by atoms with van der Waals surface area (Å²) in [5.74, 6) is 1.09. The van der Waals surface area contributed by atoms with Gasteiger partial charge in [0, 0.05) is 24.9 Å². The summed E-state index contributed by atoms with van der Waals surface area (Å²) in [4.78, 5) is 24.7. The molecule has 1 atom stereocenters. The molecule has 3 N–H and O–H groups in total. The second kappa shape index (κ2) is 7.63. The summed E-state index contributed by atoms with van der Waals surface area (Å²) >= 11 is 1.53. The number of amides is 2. The van der Waals surface area contributed by atoms with Gasteiger partial charge in [0.15, 0.2) is 0 Å². The first-order chi connectivity index (χ1) is 8.52. The van der Waals surface area contributed by atoms with Crippen LogP contribution in [0.15, 0.2) is 0 Å². The Hall–Kier alpha value is -0.750. The van der Waals surface area contributed by atoms with Crippen molar-refractivity contribution in [3.8, 4) is 0 Å². The first-order valence-electron chi connectivity index (χ1n) is 6.39. The van der Waals surface area contributed by atoms with Crippen LogP contribution in [0.2, 0.25) is 0 Å². The molecule has 0 aromatic rings. The smallest absolute Gasteiger partial charge is 0.239 e. The number of rotatable bonds is 8. The van der Waals surface area contributed by atoms with Crippen LogP contribution in [0.5, 0.6) is 0 Å². The molecule has 0 saturated heterocycles. The van der Waals surface area contributed by atoms with Crippen molar-refractivity contribution >= 4 is 23.6 Å². The van der Waals surface area contributed by atoms with E-state index in [9.17, 15) is 9.59 Å². The molecule has 1 fully saturated rings. The van der Waals surface area contributed by atoms with E-state index < -0.39 is 0 Å². The van der Waals surface area contributed by atoms with E-state index in [1.165, 1.54) is 16.7 Å². The van der Waals surface area contributed by atoms with Gasteiger partial charge in [-0.3, -0.25) is 9.59 Å². The maximum atomic E-state index is 11.7. The standard InChI is InChI=1S/C12H23N3O2S/c1-3-9(13)7-18-8-12(17)15(2)6-11(16)14-10-4-5-10/h9-10H,3-8,13H2,1-2H3,(H,14,16). The predicted octanol–water partition coefficient (Wildman–Crippen LogP) is 0.194. The topological polar surface area (TPSA) is 75.4 Å². The first kappa shape index (κ1) is 15.3. The molecule has 0 spiro atoms. The van der Waals surface area contributed by atoms with Gasteiger partial charge in [0.05, 0.1) is 12.3 Å². The number of hydrogen-bond donors (Lipinski definition) is 2. The molecule has 18 heavy (non-hydrogen) atoms. The van der Waals surface area contributed by atoms with Gasteiger partial charge in [-0.05, 0) is 19.3 Å². The van der Waals surface area contributed by atoms with Crippen molar-refractivity contribution in [2.24, 2.45) is 5.73 Å². The molecular weight excluding hydrogens is 250 g/mol. The number of nitrogens with two attached hydrogens (primary N) is 1. The Morgan fingerprint density at radius 1 is 1.50 bits per heavy atom. The largest absolute Gasteiger partial charge is 0.352 e. The number of carbonyl (C=O) groups excluding carboxylic acids is 2. The summed E-state index contributed by atoms with van der Waals surface area (Å²) in [6.45, 7) is 2.18. The van der Waals surface area contributed by atoms with E-state index in [2.05, 4.69) is 5.32 Å². The van der Waals surface area contributed by atoms with Crippen molar-refractivity contribution in [3.63, 3.8) is 0 Å².